The quantitative estimate of drug-likeness (QED) is 0.746. The number of ether oxygens (including phenoxy) is 1. The Kier molecular flexibility index (Phi) is 5.87. The van der Waals surface area contributed by atoms with E-state index in [2.05, 4.69) is 9.72 Å². The topological polar surface area (TPSA) is 98.6 Å². The standard InChI is InChI=1S/C16H17F3N2O4S/c1-9-12(15(20,14(22)23)7-8-26-2)21-13(24-9)10-3-5-11(6-4-10)25-16(17,18)19/h3-6H,7-8,20H2,1-2H3,(H,22,23). The summed E-state index contributed by atoms with van der Waals surface area (Å²) in [5, 5.41) is 9.52. The van der Waals surface area contributed by atoms with Gasteiger partial charge in [0.15, 0.2) is 5.54 Å². The molecule has 0 spiro atoms. The number of alkyl halides is 3. The van der Waals surface area contributed by atoms with Crippen molar-refractivity contribution in [3.05, 3.63) is 35.7 Å². The first-order chi connectivity index (χ1) is 12.1. The number of nitrogens with two attached hydrogens (primary N) is 1. The van der Waals surface area contributed by atoms with Gasteiger partial charge in [0.05, 0.1) is 0 Å². The minimum absolute atomic E-state index is 0.0660. The number of rotatable bonds is 7. The second-order valence-corrected chi connectivity index (χ2v) is 6.50. The molecule has 10 heteroatoms. The Morgan fingerprint density at radius 3 is 2.46 bits per heavy atom. The third-order valence-corrected chi connectivity index (χ3v) is 4.25. The van der Waals surface area contributed by atoms with E-state index < -0.39 is 17.9 Å². The van der Waals surface area contributed by atoms with Gasteiger partial charge in [0.2, 0.25) is 5.89 Å². The van der Waals surface area contributed by atoms with E-state index in [9.17, 15) is 23.1 Å². The molecule has 0 aliphatic heterocycles. The number of hydrogen-bond donors (Lipinski definition) is 2. The third-order valence-electron chi connectivity index (χ3n) is 3.64. The van der Waals surface area contributed by atoms with Crippen molar-refractivity contribution in [2.75, 3.05) is 12.0 Å². The van der Waals surface area contributed by atoms with Crippen molar-refractivity contribution in [3.63, 3.8) is 0 Å². The predicted molar refractivity (Wildman–Crippen MR) is 89.9 cm³/mol. The fraction of sp³-hybridized carbons (Fsp3) is 0.375. The lowest BCUT2D eigenvalue weighted by molar-refractivity contribution is -0.274. The lowest BCUT2D eigenvalue weighted by atomic mass is 9.92. The molecule has 1 aromatic heterocycles. The highest BCUT2D eigenvalue weighted by Crippen LogP contribution is 2.32. The molecule has 0 radical (unpaired) electrons. The average molecular weight is 390 g/mol. The van der Waals surface area contributed by atoms with Crippen LogP contribution in [-0.4, -0.2) is 34.4 Å². The maximum Gasteiger partial charge on any atom is 0.573 e. The molecule has 0 fully saturated rings. The average Bonchev–Trinajstić information content (AvgIpc) is 2.94. The maximum absolute atomic E-state index is 12.2. The summed E-state index contributed by atoms with van der Waals surface area (Å²) >= 11 is 1.45. The van der Waals surface area contributed by atoms with E-state index in [1.165, 1.54) is 30.8 Å². The van der Waals surface area contributed by atoms with Gasteiger partial charge in [-0.1, -0.05) is 0 Å². The first-order valence-electron chi connectivity index (χ1n) is 7.42. The van der Waals surface area contributed by atoms with Crippen molar-refractivity contribution in [2.45, 2.75) is 25.2 Å². The first kappa shape index (κ1) is 20.1. The molecular weight excluding hydrogens is 373 g/mol. The third kappa shape index (κ3) is 4.50. The summed E-state index contributed by atoms with van der Waals surface area (Å²) in [5.74, 6) is -0.807. The molecule has 0 amide bonds. The SMILES string of the molecule is CSCCC(N)(C(=O)O)c1nc(-c2ccc(OC(F)(F)F)cc2)oc1C. The van der Waals surface area contributed by atoms with Crippen molar-refractivity contribution in [1.29, 1.82) is 0 Å². The van der Waals surface area contributed by atoms with E-state index in [1.807, 2.05) is 6.26 Å². The molecule has 1 aromatic carbocycles. The predicted octanol–water partition coefficient (Wildman–Crippen LogP) is 3.54. The number of thioether (sulfide) groups is 1. The second-order valence-electron chi connectivity index (χ2n) is 5.52. The molecule has 3 N–H and O–H groups in total. The van der Waals surface area contributed by atoms with Gasteiger partial charge >= 0.3 is 12.3 Å². The number of hydrogen-bond acceptors (Lipinski definition) is 6. The summed E-state index contributed by atoms with van der Waals surface area (Å²) in [6, 6.07) is 4.89. The van der Waals surface area contributed by atoms with Crippen LogP contribution in [0.2, 0.25) is 0 Å². The van der Waals surface area contributed by atoms with Crippen LogP contribution < -0.4 is 10.5 Å². The number of carbonyl (C=O) groups is 1. The normalized spacial score (nSPS) is 14.1. The zero-order valence-electron chi connectivity index (χ0n) is 14.0. The highest BCUT2D eigenvalue weighted by molar-refractivity contribution is 7.98. The largest absolute Gasteiger partial charge is 0.573 e. The highest BCUT2D eigenvalue weighted by Gasteiger charge is 2.40. The minimum Gasteiger partial charge on any atom is -0.480 e. The van der Waals surface area contributed by atoms with Crippen molar-refractivity contribution in [3.8, 4) is 17.2 Å². The van der Waals surface area contributed by atoms with Gasteiger partial charge in [0, 0.05) is 5.56 Å². The van der Waals surface area contributed by atoms with E-state index >= 15 is 0 Å². The van der Waals surface area contributed by atoms with Gasteiger partial charge in [-0.3, -0.25) is 0 Å². The van der Waals surface area contributed by atoms with Crippen LogP contribution in [-0.2, 0) is 10.3 Å². The molecule has 0 saturated heterocycles. The Labute approximate surface area is 151 Å². The fourth-order valence-electron chi connectivity index (χ4n) is 2.32. The second kappa shape index (κ2) is 7.58. The number of benzene rings is 1. The lowest BCUT2D eigenvalue weighted by Gasteiger charge is -2.22. The maximum atomic E-state index is 12.2. The van der Waals surface area contributed by atoms with E-state index in [-0.39, 0.29) is 29.5 Å². The van der Waals surface area contributed by atoms with E-state index in [0.717, 1.165) is 12.1 Å². The molecule has 2 aromatic rings. The molecule has 0 aliphatic rings. The van der Waals surface area contributed by atoms with E-state index in [4.69, 9.17) is 10.2 Å². The summed E-state index contributed by atoms with van der Waals surface area (Å²) < 4.78 is 45.9. The zero-order valence-corrected chi connectivity index (χ0v) is 14.8. The van der Waals surface area contributed by atoms with Crippen LogP contribution >= 0.6 is 11.8 Å². The van der Waals surface area contributed by atoms with Crippen LogP contribution in [0.3, 0.4) is 0 Å². The van der Waals surface area contributed by atoms with Crippen LogP contribution in [0.25, 0.3) is 11.5 Å². The molecule has 142 valence electrons. The van der Waals surface area contributed by atoms with E-state index in [0.29, 0.717) is 11.3 Å². The summed E-state index contributed by atoms with van der Waals surface area (Å²) in [7, 11) is 0. The summed E-state index contributed by atoms with van der Waals surface area (Å²) in [4.78, 5) is 15.8. The molecule has 6 nitrogen and oxygen atoms in total. The van der Waals surface area contributed by atoms with Crippen molar-refractivity contribution in [1.82, 2.24) is 4.98 Å². The lowest BCUT2D eigenvalue weighted by Crippen LogP contribution is -2.46. The number of aromatic nitrogens is 1. The Balaban J connectivity index is 2.33. The van der Waals surface area contributed by atoms with Crippen LogP contribution in [0.5, 0.6) is 5.75 Å². The molecule has 26 heavy (non-hydrogen) atoms. The zero-order chi connectivity index (χ0) is 19.5. The fourth-order valence-corrected chi connectivity index (χ4v) is 2.85. The number of nitrogens with zero attached hydrogens (tertiary/aromatic N) is 1. The van der Waals surface area contributed by atoms with Crippen molar-refractivity contribution in [2.24, 2.45) is 5.73 Å². The van der Waals surface area contributed by atoms with Gasteiger partial charge in [0.25, 0.3) is 0 Å². The van der Waals surface area contributed by atoms with Gasteiger partial charge < -0.3 is 20.0 Å². The Morgan fingerprint density at radius 2 is 1.96 bits per heavy atom. The molecule has 1 unspecified atom stereocenters. The molecule has 1 atom stereocenters. The summed E-state index contributed by atoms with van der Waals surface area (Å²) in [6.07, 6.45) is -2.81. The Hall–Kier alpha value is -2.20. The number of carboxylic acids is 1. The van der Waals surface area contributed by atoms with Gasteiger partial charge in [-0.15, -0.1) is 13.2 Å². The highest BCUT2D eigenvalue weighted by atomic mass is 32.2. The van der Waals surface area contributed by atoms with Gasteiger partial charge in [-0.05, 0) is 49.6 Å². The van der Waals surface area contributed by atoms with E-state index in [1.54, 1.807) is 0 Å². The van der Waals surface area contributed by atoms with Gasteiger partial charge in [-0.2, -0.15) is 11.8 Å². The van der Waals surface area contributed by atoms with Crippen LogP contribution in [0.15, 0.2) is 28.7 Å². The number of carboxylic acid groups (broad SMARTS) is 1. The molecule has 0 saturated carbocycles. The number of aliphatic carboxylic acids is 1. The smallest absolute Gasteiger partial charge is 0.480 e. The van der Waals surface area contributed by atoms with Crippen molar-refractivity contribution < 1.29 is 32.2 Å². The minimum atomic E-state index is -4.79. The van der Waals surface area contributed by atoms with Crippen molar-refractivity contribution >= 4 is 17.7 Å². The Bertz CT molecular complexity index is 777. The number of aryl methyl sites for hydroxylation is 1. The van der Waals surface area contributed by atoms with Gasteiger partial charge in [-0.25, -0.2) is 9.78 Å². The van der Waals surface area contributed by atoms with Gasteiger partial charge in [0.1, 0.15) is 17.2 Å². The molecule has 2 rings (SSSR count). The van der Waals surface area contributed by atoms with Crippen LogP contribution in [0.1, 0.15) is 17.9 Å². The summed E-state index contributed by atoms with van der Waals surface area (Å²) in [6.45, 7) is 1.54. The molecular formula is C16H17F3N2O4S. The van der Waals surface area contributed by atoms with Crippen LogP contribution in [0.4, 0.5) is 13.2 Å². The number of halogens is 3. The first-order valence-corrected chi connectivity index (χ1v) is 8.81. The monoisotopic (exact) mass is 390 g/mol. The summed E-state index contributed by atoms with van der Waals surface area (Å²) in [5.41, 5.74) is 4.79. The Morgan fingerprint density at radius 1 is 1.35 bits per heavy atom. The molecule has 0 aliphatic carbocycles. The van der Waals surface area contributed by atoms with Crippen LogP contribution in [0, 0.1) is 6.92 Å². The number of oxazole rings is 1. The molecule has 0 bridgehead atoms. The molecule has 1 heterocycles.